The van der Waals surface area contributed by atoms with E-state index in [-0.39, 0.29) is 6.04 Å². The Labute approximate surface area is 134 Å². The second-order valence-electron chi connectivity index (χ2n) is 4.61. The molecule has 0 aromatic heterocycles. The highest BCUT2D eigenvalue weighted by atomic mass is 35.5. The third kappa shape index (κ3) is 4.16. The van der Waals surface area contributed by atoms with Gasteiger partial charge in [-0.25, -0.2) is 0 Å². The molecule has 2 aromatic rings. The molecule has 1 N–H and O–H groups in total. The lowest BCUT2D eigenvalue weighted by molar-refractivity contribution is 0.662. The van der Waals surface area contributed by atoms with E-state index in [1.165, 1.54) is 10.5 Å². The van der Waals surface area contributed by atoms with Gasteiger partial charge >= 0.3 is 0 Å². The lowest BCUT2D eigenvalue weighted by atomic mass is 10.1. The van der Waals surface area contributed by atoms with Crippen LogP contribution in [0.3, 0.4) is 0 Å². The van der Waals surface area contributed by atoms with E-state index in [9.17, 15) is 0 Å². The molecule has 0 bridgehead atoms. The molecule has 1 nitrogen and oxygen atoms in total. The molecule has 0 aliphatic heterocycles. The summed E-state index contributed by atoms with van der Waals surface area (Å²) in [6.45, 7) is 2.02. The van der Waals surface area contributed by atoms with Crippen LogP contribution in [0.4, 0.5) is 0 Å². The van der Waals surface area contributed by atoms with Crippen LogP contribution in [0, 0.1) is 6.92 Å². The van der Waals surface area contributed by atoms with Gasteiger partial charge in [0.2, 0.25) is 0 Å². The molecule has 0 amide bonds. The molecule has 0 aliphatic rings. The van der Waals surface area contributed by atoms with Crippen LogP contribution in [-0.2, 0) is 0 Å². The summed E-state index contributed by atoms with van der Waals surface area (Å²) in [6, 6.07) is 14.4. The van der Waals surface area contributed by atoms with Gasteiger partial charge in [-0.05, 0) is 55.4 Å². The summed E-state index contributed by atoms with van der Waals surface area (Å²) in [5, 5.41) is 4.93. The van der Waals surface area contributed by atoms with E-state index in [0.717, 1.165) is 21.4 Å². The number of rotatable bonds is 5. The second kappa shape index (κ2) is 7.37. The predicted octanol–water partition coefficient (Wildman–Crippen LogP) is 5.35. The van der Waals surface area contributed by atoms with Gasteiger partial charge < -0.3 is 5.32 Å². The molecule has 0 saturated heterocycles. The molecule has 106 valence electrons. The topological polar surface area (TPSA) is 12.0 Å². The van der Waals surface area contributed by atoms with Crippen molar-refractivity contribution in [3.63, 3.8) is 0 Å². The number of hydrogen-bond donors (Lipinski definition) is 1. The molecule has 0 aliphatic carbocycles. The van der Waals surface area contributed by atoms with Crippen LogP contribution in [0.25, 0.3) is 0 Å². The summed E-state index contributed by atoms with van der Waals surface area (Å²) < 4.78 is 0. The Kier molecular flexibility index (Phi) is 5.79. The van der Waals surface area contributed by atoms with Crippen molar-refractivity contribution in [1.82, 2.24) is 5.32 Å². The molecule has 1 unspecified atom stereocenters. The first-order chi connectivity index (χ1) is 9.60. The van der Waals surface area contributed by atoms with E-state index < -0.39 is 0 Å². The van der Waals surface area contributed by atoms with Gasteiger partial charge in [-0.2, -0.15) is 0 Å². The Morgan fingerprint density at radius 1 is 1.10 bits per heavy atom. The van der Waals surface area contributed by atoms with Gasteiger partial charge in [-0.1, -0.05) is 35.3 Å². The summed E-state index contributed by atoms with van der Waals surface area (Å²) in [5.74, 6) is 0.942. The summed E-state index contributed by atoms with van der Waals surface area (Å²) >= 11 is 13.9. The minimum Gasteiger partial charge on any atom is -0.312 e. The zero-order chi connectivity index (χ0) is 14.5. The molecule has 2 aromatic carbocycles. The van der Waals surface area contributed by atoms with Crippen LogP contribution >= 0.6 is 35.0 Å². The smallest absolute Gasteiger partial charge is 0.0438 e. The lowest BCUT2D eigenvalue weighted by Crippen LogP contribution is -2.18. The minimum absolute atomic E-state index is 0.272. The maximum Gasteiger partial charge on any atom is 0.0438 e. The Bertz CT molecular complexity index is 569. The zero-order valence-electron chi connectivity index (χ0n) is 11.5. The highest BCUT2D eigenvalue weighted by Crippen LogP contribution is 2.27. The number of aryl methyl sites for hydroxylation is 1. The van der Waals surface area contributed by atoms with Crippen LogP contribution in [0.2, 0.25) is 10.0 Å². The van der Waals surface area contributed by atoms with Crippen molar-refractivity contribution >= 4 is 35.0 Å². The summed E-state index contributed by atoms with van der Waals surface area (Å²) in [7, 11) is 1.97. The highest BCUT2D eigenvalue weighted by molar-refractivity contribution is 7.99. The SMILES string of the molecule is CNC(CSc1ccc(Cl)cc1)c1ccc(C)c(Cl)c1. The van der Waals surface area contributed by atoms with Crippen molar-refractivity contribution in [1.29, 1.82) is 0 Å². The van der Waals surface area contributed by atoms with Crippen molar-refractivity contribution in [2.45, 2.75) is 17.9 Å². The highest BCUT2D eigenvalue weighted by Gasteiger charge is 2.11. The maximum absolute atomic E-state index is 6.20. The molecule has 20 heavy (non-hydrogen) atoms. The molecule has 0 radical (unpaired) electrons. The van der Waals surface area contributed by atoms with E-state index in [2.05, 4.69) is 17.4 Å². The van der Waals surface area contributed by atoms with Gasteiger partial charge in [0.15, 0.2) is 0 Å². The largest absolute Gasteiger partial charge is 0.312 e. The summed E-state index contributed by atoms with van der Waals surface area (Å²) in [6.07, 6.45) is 0. The monoisotopic (exact) mass is 325 g/mol. The fourth-order valence-corrected chi connectivity index (χ4v) is 3.24. The van der Waals surface area contributed by atoms with Crippen molar-refractivity contribution in [2.24, 2.45) is 0 Å². The van der Waals surface area contributed by atoms with E-state index in [1.54, 1.807) is 11.8 Å². The molecule has 2 rings (SSSR count). The first kappa shape index (κ1) is 15.7. The summed E-state index contributed by atoms with van der Waals surface area (Å²) in [4.78, 5) is 1.22. The first-order valence-electron chi connectivity index (χ1n) is 6.42. The first-order valence-corrected chi connectivity index (χ1v) is 8.16. The minimum atomic E-state index is 0.272. The van der Waals surface area contributed by atoms with Crippen molar-refractivity contribution in [3.05, 3.63) is 63.6 Å². The van der Waals surface area contributed by atoms with Gasteiger partial charge in [0, 0.05) is 26.7 Å². The normalized spacial score (nSPS) is 12.4. The average Bonchev–Trinajstić information content (AvgIpc) is 2.45. The van der Waals surface area contributed by atoms with Gasteiger partial charge in [0.25, 0.3) is 0 Å². The molecule has 0 fully saturated rings. The number of thioether (sulfide) groups is 1. The Morgan fingerprint density at radius 2 is 1.80 bits per heavy atom. The Hall–Kier alpha value is -0.670. The fourth-order valence-electron chi connectivity index (χ4n) is 1.88. The molecular weight excluding hydrogens is 309 g/mol. The van der Waals surface area contributed by atoms with Gasteiger partial charge in [0.1, 0.15) is 0 Å². The van der Waals surface area contributed by atoms with Crippen LogP contribution in [0.5, 0.6) is 0 Å². The molecule has 4 heteroatoms. The quantitative estimate of drug-likeness (QED) is 0.743. The van der Waals surface area contributed by atoms with Gasteiger partial charge in [0.05, 0.1) is 0 Å². The van der Waals surface area contributed by atoms with E-state index in [4.69, 9.17) is 23.2 Å². The average molecular weight is 326 g/mol. The zero-order valence-corrected chi connectivity index (χ0v) is 13.8. The summed E-state index contributed by atoms with van der Waals surface area (Å²) in [5.41, 5.74) is 2.32. The molecule has 0 heterocycles. The molecule has 0 spiro atoms. The molecule has 0 saturated carbocycles. The number of hydrogen-bond acceptors (Lipinski definition) is 2. The van der Waals surface area contributed by atoms with E-state index >= 15 is 0 Å². The number of halogens is 2. The molecule has 1 atom stereocenters. The van der Waals surface area contributed by atoms with Crippen LogP contribution in [0.15, 0.2) is 47.4 Å². The predicted molar refractivity (Wildman–Crippen MR) is 90.2 cm³/mol. The number of benzene rings is 2. The second-order valence-corrected chi connectivity index (χ2v) is 6.55. The third-order valence-corrected chi connectivity index (χ3v) is 4.94. The van der Waals surface area contributed by atoms with E-state index in [0.29, 0.717) is 0 Å². The van der Waals surface area contributed by atoms with Gasteiger partial charge in [-0.3, -0.25) is 0 Å². The van der Waals surface area contributed by atoms with Crippen LogP contribution in [-0.4, -0.2) is 12.8 Å². The standard InChI is InChI=1S/C16H17Cl2NS/c1-11-3-4-12(9-15(11)18)16(19-2)10-20-14-7-5-13(17)6-8-14/h3-9,16,19H,10H2,1-2H3. The Balaban J connectivity index is 2.05. The van der Waals surface area contributed by atoms with Crippen molar-refractivity contribution in [3.8, 4) is 0 Å². The Morgan fingerprint density at radius 3 is 2.40 bits per heavy atom. The molecular formula is C16H17Cl2NS. The third-order valence-electron chi connectivity index (χ3n) is 3.18. The maximum atomic E-state index is 6.20. The van der Waals surface area contributed by atoms with E-state index in [1.807, 2.05) is 44.3 Å². The number of nitrogens with one attached hydrogen (secondary N) is 1. The van der Waals surface area contributed by atoms with Crippen molar-refractivity contribution < 1.29 is 0 Å². The van der Waals surface area contributed by atoms with Crippen LogP contribution in [0.1, 0.15) is 17.2 Å². The fraction of sp³-hybridized carbons (Fsp3) is 0.250. The lowest BCUT2D eigenvalue weighted by Gasteiger charge is -2.17. The van der Waals surface area contributed by atoms with Gasteiger partial charge in [-0.15, -0.1) is 11.8 Å². The van der Waals surface area contributed by atoms with Crippen LogP contribution < -0.4 is 5.32 Å². The van der Waals surface area contributed by atoms with Crippen molar-refractivity contribution in [2.75, 3.05) is 12.8 Å².